The molecule has 2 aromatic heterocycles. The average Bonchev–Trinajstić information content (AvgIpc) is 3.85. The molecule has 282 valence electrons. The van der Waals surface area contributed by atoms with Crippen LogP contribution in [0.25, 0.3) is 12.2 Å². The number of carbonyl (C=O) groups is 2. The summed E-state index contributed by atoms with van der Waals surface area (Å²) in [7, 11) is 0. The highest BCUT2D eigenvalue weighted by atomic mass is 32.1. The second-order valence-corrected chi connectivity index (χ2v) is 15.4. The van der Waals surface area contributed by atoms with Crippen molar-refractivity contribution in [2.75, 3.05) is 0 Å². The molecule has 2 saturated heterocycles. The topological polar surface area (TPSA) is 176 Å². The SMILES string of the molecule is C/C=C\c1nc(C(=O)O[C@@H](C/C=C\[C@H]2N[C@H]2/C=C/C=C\c2nc(C(=O)O[C@@H](C/C=C\C3N[C@H]3C)C(C)(C)C(C)O)cs2)C(C)(C)[C@@H](O)/C=C/C)co1. The zero-order chi connectivity index (χ0) is 38.1. The Bertz CT molecular complexity index is 1680. The number of thiazole rings is 1. The molecule has 0 amide bonds. The molecule has 0 aromatic carbocycles. The third-order valence-corrected chi connectivity index (χ3v) is 10.6. The van der Waals surface area contributed by atoms with E-state index in [1.165, 1.54) is 17.6 Å². The van der Waals surface area contributed by atoms with E-state index in [1.54, 1.807) is 36.6 Å². The molecule has 2 aromatic rings. The number of rotatable bonds is 19. The molecule has 0 saturated carbocycles. The lowest BCUT2D eigenvalue weighted by atomic mass is 9.79. The van der Waals surface area contributed by atoms with Crippen LogP contribution in [-0.2, 0) is 9.47 Å². The molecule has 2 fully saturated rings. The van der Waals surface area contributed by atoms with Crippen LogP contribution in [0.5, 0.6) is 0 Å². The van der Waals surface area contributed by atoms with Crippen molar-refractivity contribution in [3.8, 4) is 0 Å². The van der Waals surface area contributed by atoms with Crippen molar-refractivity contribution >= 4 is 35.4 Å². The number of allylic oxidation sites excluding steroid dienone is 4. The minimum Gasteiger partial charge on any atom is -0.457 e. The maximum absolute atomic E-state index is 13.1. The van der Waals surface area contributed by atoms with E-state index >= 15 is 0 Å². The summed E-state index contributed by atoms with van der Waals surface area (Å²) in [5.41, 5.74) is -1.12. The largest absolute Gasteiger partial charge is 0.457 e. The van der Waals surface area contributed by atoms with E-state index in [4.69, 9.17) is 13.9 Å². The Labute approximate surface area is 311 Å². The molecule has 0 bridgehead atoms. The van der Waals surface area contributed by atoms with Crippen LogP contribution in [0, 0.1) is 10.8 Å². The van der Waals surface area contributed by atoms with E-state index in [9.17, 15) is 19.8 Å². The molecule has 4 heterocycles. The third-order valence-electron chi connectivity index (χ3n) is 9.75. The molecular weight excluding hydrogens is 681 g/mol. The lowest BCUT2D eigenvalue weighted by Crippen LogP contribution is -2.42. The minimum atomic E-state index is -0.833. The maximum Gasteiger partial charge on any atom is 0.360 e. The third kappa shape index (κ3) is 11.3. The van der Waals surface area contributed by atoms with Gasteiger partial charge in [0.05, 0.1) is 12.2 Å². The van der Waals surface area contributed by atoms with Gasteiger partial charge in [0.25, 0.3) is 0 Å². The zero-order valence-electron chi connectivity index (χ0n) is 31.4. The van der Waals surface area contributed by atoms with Gasteiger partial charge < -0.3 is 34.7 Å². The number of nitrogens with one attached hydrogen (secondary N) is 2. The van der Waals surface area contributed by atoms with Crippen LogP contribution < -0.4 is 10.6 Å². The normalized spacial score (nSPS) is 23.3. The van der Waals surface area contributed by atoms with Gasteiger partial charge >= 0.3 is 11.9 Å². The first-order valence-corrected chi connectivity index (χ1v) is 18.7. The van der Waals surface area contributed by atoms with Gasteiger partial charge in [-0.3, -0.25) is 0 Å². The van der Waals surface area contributed by atoms with E-state index in [-0.39, 0.29) is 23.5 Å². The summed E-state index contributed by atoms with van der Waals surface area (Å²) in [6, 6.07) is 1.04. The van der Waals surface area contributed by atoms with Crippen LogP contribution in [0.3, 0.4) is 0 Å². The molecule has 12 heteroatoms. The summed E-state index contributed by atoms with van der Waals surface area (Å²) in [5, 5.41) is 30.3. The Morgan fingerprint density at radius 3 is 2.12 bits per heavy atom. The van der Waals surface area contributed by atoms with E-state index in [0.29, 0.717) is 35.8 Å². The number of hydrogen-bond acceptors (Lipinski definition) is 12. The smallest absolute Gasteiger partial charge is 0.360 e. The lowest BCUT2D eigenvalue weighted by molar-refractivity contribution is -0.0545. The maximum atomic E-state index is 13.1. The molecule has 2 aliphatic rings. The average molecular weight is 735 g/mol. The molecule has 0 aliphatic carbocycles. The van der Waals surface area contributed by atoms with Crippen LogP contribution in [0.15, 0.2) is 76.8 Å². The Hall–Kier alpha value is -3.94. The Morgan fingerprint density at radius 2 is 1.50 bits per heavy atom. The summed E-state index contributed by atoms with van der Waals surface area (Å²) in [6.45, 7) is 15.0. The number of aromatic nitrogens is 2. The first-order valence-electron chi connectivity index (χ1n) is 17.8. The monoisotopic (exact) mass is 734 g/mol. The molecule has 0 spiro atoms. The number of oxazole rings is 1. The first-order chi connectivity index (χ1) is 24.7. The van der Waals surface area contributed by atoms with Gasteiger partial charge in [-0.05, 0) is 39.8 Å². The van der Waals surface area contributed by atoms with Gasteiger partial charge in [0, 0.05) is 53.2 Å². The lowest BCUT2D eigenvalue weighted by Gasteiger charge is -2.36. The number of hydrogen-bond donors (Lipinski definition) is 4. The molecule has 4 rings (SSSR count). The number of nitrogens with zero attached hydrogens (tertiary/aromatic N) is 2. The van der Waals surface area contributed by atoms with Crippen LogP contribution in [0.1, 0.15) is 100 Å². The van der Waals surface area contributed by atoms with Crippen molar-refractivity contribution in [2.24, 2.45) is 10.8 Å². The molecule has 2 aliphatic heterocycles. The van der Waals surface area contributed by atoms with Gasteiger partial charge in [-0.25, -0.2) is 19.6 Å². The minimum absolute atomic E-state index is 0.0692. The van der Waals surface area contributed by atoms with Crippen molar-refractivity contribution in [1.29, 1.82) is 0 Å². The van der Waals surface area contributed by atoms with E-state index < -0.39 is 47.2 Å². The van der Waals surface area contributed by atoms with Gasteiger partial charge in [-0.2, -0.15) is 0 Å². The molecule has 8 atom stereocenters. The summed E-state index contributed by atoms with van der Waals surface area (Å²) in [5.74, 6) is -0.817. The molecule has 52 heavy (non-hydrogen) atoms. The van der Waals surface area contributed by atoms with Gasteiger partial charge in [0.1, 0.15) is 23.5 Å². The van der Waals surface area contributed by atoms with Gasteiger partial charge in [0.15, 0.2) is 11.4 Å². The highest BCUT2D eigenvalue weighted by molar-refractivity contribution is 7.10. The van der Waals surface area contributed by atoms with Crippen LogP contribution in [-0.4, -0.2) is 80.7 Å². The molecule has 2 unspecified atom stereocenters. The van der Waals surface area contributed by atoms with Gasteiger partial charge in [0.2, 0.25) is 5.89 Å². The highest BCUT2D eigenvalue weighted by Gasteiger charge is 2.39. The van der Waals surface area contributed by atoms with Crippen molar-refractivity contribution < 1.29 is 33.7 Å². The van der Waals surface area contributed by atoms with Crippen molar-refractivity contribution in [2.45, 2.75) is 117 Å². The van der Waals surface area contributed by atoms with Crippen LogP contribution in [0.4, 0.5) is 0 Å². The van der Waals surface area contributed by atoms with Gasteiger partial charge in [-0.15, -0.1) is 11.3 Å². The number of aliphatic hydroxyl groups excluding tert-OH is 2. The van der Waals surface area contributed by atoms with Gasteiger partial charge in [-0.1, -0.05) is 88.5 Å². The Balaban J connectivity index is 1.29. The molecule has 0 radical (unpaired) electrons. The zero-order valence-corrected chi connectivity index (χ0v) is 32.2. The fourth-order valence-corrected chi connectivity index (χ4v) is 6.03. The van der Waals surface area contributed by atoms with Crippen LogP contribution >= 0.6 is 11.3 Å². The number of ether oxygens (including phenoxy) is 2. The molecule has 4 N–H and O–H groups in total. The Morgan fingerprint density at radius 1 is 0.885 bits per heavy atom. The second-order valence-electron chi connectivity index (χ2n) is 14.5. The van der Waals surface area contributed by atoms with E-state index in [2.05, 4.69) is 33.6 Å². The summed E-state index contributed by atoms with van der Waals surface area (Å²) in [6.07, 6.45) is 22.1. The molecular formula is C40H54N4O7S. The highest BCUT2D eigenvalue weighted by Crippen LogP contribution is 2.33. The number of esters is 2. The van der Waals surface area contributed by atoms with Crippen LogP contribution in [0.2, 0.25) is 0 Å². The summed E-state index contributed by atoms with van der Waals surface area (Å²) in [4.78, 5) is 34.6. The quantitative estimate of drug-likeness (QED) is 0.0540. The summed E-state index contributed by atoms with van der Waals surface area (Å²) < 4.78 is 17.1. The standard InChI is InChI=1S/C40H54N4O7S/c1-9-15-32(46)40(7,8)34(51-37(47)30-23-49-35(43-30)16-10-2)21-14-19-29-28(42-29)17-11-12-22-36-44-31(24-52-36)38(48)50-33(39(5,6)26(4)45)20-13-18-27-25(3)41-27/h9-19,22-29,32-34,41-42,45-46H,20-21H2,1-8H3/b15-9+,16-10-,17-11+,18-13-,19-14-,22-12-/t25-,26?,27?,28-,29+,32-,33-,34-/m0/s1. The van der Waals surface area contributed by atoms with Crippen molar-refractivity contribution in [3.63, 3.8) is 0 Å². The fourth-order valence-electron chi connectivity index (χ4n) is 5.34. The fraction of sp³-hybridized carbons (Fsp3) is 0.500. The number of carbonyl (C=O) groups excluding carboxylic acids is 2. The predicted molar refractivity (Wildman–Crippen MR) is 205 cm³/mol. The summed E-state index contributed by atoms with van der Waals surface area (Å²) >= 11 is 1.35. The van der Waals surface area contributed by atoms with Crippen molar-refractivity contribution in [1.82, 2.24) is 20.6 Å². The van der Waals surface area contributed by atoms with Crippen molar-refractivity contribution in [3.05, 3.63) is 94.7 Å². The first kappa shape index (κ1) is 40.8. The van der Waals surface area contributed by atoms with E-state index in [1.807, 2.05) is 84.1 Å². The number of aliphatic hydroxyl groups is 2. The second kappa shape index (κ2) is 18.2. The van der Waals surface area contributed by atoms with E-state index in [0.717, 1.165) is 0 Å². The molecule has 11 nitrogen and oxygen atoms in total. The Kier molecular flexibility index (Phi) is 14.3. The predicted octanol–water partition coefficient (Wildman–Crippen LogP) is 6.45.